The lowest BCUT2D eigenvalue weighted by Gasteiger charge is -2.33. The summed E-state index contributed by atoms with van der Waals surface area (Å²) < 4.78 is 25.9. The van der Waals surface area contributed by atoms with E-state index in [0.29, 0.717) is 22.3 Å². The molecule has 1 amide bonds. The molecule has 6 nitrogen and oxygen atoms in total. The first-order chi connectivity index (χ1) is 13.6. The largest absolute Gasteiger partial charge is 0.362 e. The summed E-state index contributed by atoms with van der Waals surface area (Å²) in [6, 6.07) is 10.8. The van der Waals surface area contributed by atoms with E-state index in [1.807, 2.05) is 17.0 Å². The van der Waals surface area contributed by atoms with Gasteiger partial charge in [0.2, 0.25) is 15.9 Å². The fraction of sp³-hybridized carbons (Fsp3) is 0.350. The molecule has 0 atom stereocenters. The maximum absolute atomic E-state index is 12.8. The second-order valence-corrected chi connectivity index (χ2v) is 9.76. The molecule has 0 unspecified atom stereocenters. The number of anilines is 2. The molecule has 0 bridgehead atoms. The Morgan fingerprint density at radius 1 is 1.21 bits per heavy atom. The minimum absolute atomic E-state index is 0.0367. The summed E-state index contributed by atoms with van der Waals surface area (Å²) in [5.41, 5.74) is 3.28. The van der Waals surface area contributed by atoms with Crippen LogP contribution in [0.25, 0.3) is 0 Å². The van der Waals surface area contributed by atoms with Crippen LogP contribution in [0.4, 0.5) is 11.4 Å². The third kappa shape index (κ3) is 5.56. The van der Waals surface area contributed by atoms with Crippen molar-refractivity contribution in [2.45, 2.75) is 19.4 Å². The van der Waals surface area contributed by atoms with E-state index >= 15 is 0 Å². The highest BCUT2D eigenvalue weighted by Crippen LogP contribution is 2.33. The van der Waals surface area contributed by atoms with Gasteiger partial charge in [-0.25, -0.2) is 8.42 Å². The van der Waals surface area contributed by atoms with Crippen LogP contribution in [0.15, 0.2) is 36.4 Å². The Kier molecular flexibility index (Phi) is 6.61. The van der Waals surface area contributed by atoms with Crippen LogP contribution in [-0.2, 0) is 27.8 Å². The van der Waals surface area contributed by atoms with Crippen molar-refractivity contribution in [3.8, 4) is 0 Å². The maximum Gasteiger partial charge on any atom is 0.242 e. The van der Waals surface area contributed by atoms with Crippen LogP contribution in [0.3, 0.4) is 0 Å². The van der Waals surface area contributed by atoms with E-state index in [-0.39, 0.29) is 12.5 Å². The molecular formula is C20H23Cl2N3O3S. The molecule has 29 heavy (non-hydrogen) atoms. The molecule has 3 rings (SSSR count). The molecule has 0 aromatic heterocycles. The third-order valence-electron chi connectivity index (χ3n) is 4.80. The van der Waals surface area contributed by atoms with Crippen molar-refractivity contribution in [3.63, 3.8) is 0 Å². The Balaban J connectivity index is 1.73. The number of hydrogen-bond acceptors (Lipinski definition) is 4. The van der Waals surface area contributed by atoms with Crippen molar-refractivity contribution >= 4 is 50.5 Å². The van der Waals surface area contributed by atoms with E-state index in [4.69, 9.17) is 23.2 Å². The van der Waals surface area contributed by atoms with Gasteiger partial charge in [-0.2, -0.15) is 0 Å². The SMILES string of the molecule is CN(Cc1ccc(Cl)c(Cl)c1)C(=O)CN1CCCc2c(NS(C)(=O)=O)cccc21. The number of hydrogen-bond donors (Lipinski definition) is 1. The molecule has 1 aliphatic heterocycles. The Morgan fingerprint density at radius 3 is 2.66 bits per heavy atom. The number of nitrogens with one attached hydrogen (secondary N) is 1. The lowest BCUT2D eigenvalue weighted by Crippen LogP contribution is -2.40. The van der Waals surface area contributed by atoms with Crippen LogP contribution < -0.4 is 9.62 Å². The summed E-state index contributed by atoms with van der Waals surface area (Å²) in [4.78, 5) is 16.4. The second kappa shape index (κ2) is 8.81. The number of sulfonamides is 1. The molecule has 0 saturated carbocycles. The Labute approximate surface area is 181 Å². The zero-order valence-electron chi connectivity index (χ0n) is 16.3. The monoisotopic (exact) mass is 455 g/mol. The molecule has 0 radical (unpaired) electrons. The normalized spacial score (nSPS) is 13.7. The minimum Gasteiger partial charge on any atom is -0.362 e. The minimum atomic E-state index is -3.37. The van der Waals surface area contributed by atoms with Crippen molar-refractivity contribution in [2.75, 3.05) is 36.0 Å². The molecule has 2 aromatic rings. The average molecular weight is 456 g/mol. The van der Waals surface area contributed by atoms with Gasteiger partial charge in [-0.05, 0) is 48.2 Å². The third-order valence-corrected chi connectivity index (χ3v) is 6.13. The van der Waals surface area contributed by atoms with E-state index < -0.39 is 10.0 Å². The van der Waals surface area contributed by atoms with Gasteiger partial charge in [-0.1, -0.05) is 35.3 Å². The maximum atomic E-state index is 12.8. The number of benzene rings is 2. The van der Waals surface area contributed by atoms with Crippen molar-refractivity contribution in [2.24, 2.45) is 0 Å². The van der Waals surface area contributed by atoms with Crippen LogP contribution >= 0.6 is 23.2 Å². The van der Waals surface area contributed by atoms with Crippen LogP contribution in [0.1, 0.15) is 17.5 Å². The summed E-state index contributed by atoms with van der Waals surface area (Å²) in [6.07, 6.45) is 2.74. The van der Waals surface area contributed by atoms with Gasteiger partial charge in [-0.15, -0.1) is 0 Å². The molecule has 156 valence electrons. The molecule has 1 aliphatic rings. The van der Waals surface area contributed by atoms with Gasteiger partial charge in [0.25, 0.3) is 0 Å². The number of fused-ring (bicyclic) bond motifs is 1. The van der Waals surface area contributed by atoms with Gasteiger partial charge in [0, 0.05) is 25.8 Å². The van der Waals surface area contributed by atoms with Gasteiger partial charge in [0.05, 0.1) is 28.5 Å². The molecule has 2 aromatic carbocycles. The fourth-order valence-electron chi connectivity index (χ4n) is 3.44. The average Bonchev–Trinajstić information content (AvgIpc) is 2.64. The number of amides is 1. The topological polar surface area (TPSA) is 69.7 Å². The lowest BCUT2D eigenvalue weighted by atomic mass is 10.00. The van der Waals surface area contributed by atoms with Crippen LogP contribution in [0.5, 0.6) is 0 Å². The number of nitrogens with zero attached hydrogens (tertiary/aromatic N) is 2. The first-order valence-corrected chi connectivity index (χ1v) is 11.8. The predicted molar refractivity (Wildman–Crippen MR) is 118 cm³/mol. The Bertz CT molecular complexity index is 1030. The number of likely N-dealkylation sites (N-methyl/N-ethyl adjacent to an activating group) is 1. The number of halogens is 2. The quantitative estimate of drug-likeness (QED) is 0.719. The fourth-order valence-corrected chi connectivity index (χ4v) is 4.36. The molecule has 9 heteroatoms. The predicted octanol–water partition coefficient (Wildman–Crippen LogP) is 3.78. The molecule has 0 aliphatic carbocycles. The standard InChI is InChI=1S/C20H23Cl2N3O3S/c1-24(12-14-8-9-16(21)17(22)11-14)20(26)13-25-10-4-5-15-18(23-29(2,27)28)6-3-7-19(15)25/h3,6-9,11,23H,4-5,10,12-13H2,1-2H3. The molecule has 0 spiro atoms. The first kappa shape index (κ1) is 21.7. The number of rotatable bonds is 6. The van der Waals surface area contributed by atoms with Gasteiger partial charge >= 0.3 is 0 Å². The van der Waals surface area contributed by atoms with E-state index in [1.165, 1.54) is 0 Å². The van der Waals surface area contributed by atoms with Gasteiger partial charge < -0.3 is 9.80 Å². The summed E-state index contributed by atoms with van der Waals surface area (Å²) >= 11 is 12.0. The molecule has 0 fully saturated rings. The smallest absolute Gasteiger partial charge is 0.242 e. The summed E-state index contributed by atoms with van der Waals surface area (Å²) in [6.45, 7) is 1.38. The zero-order valence-corrected chi connectivity index (χ0v) is 18.6. The van der Waals surface area contributed by atoms with Crippen LogP contribution in [-0.4, -0.2) is 45.6 Å². The Morgan fingerprint density at radius 2 is 1.97 bits per heavy atom. The highest BCUT2D eigenvalue weighted by Gasteiger charge is 2.23. The van der Waals surface area contributed by atoms with E-state index in [2.05, 4.69) is 4.72 Å². The summed E-state index contributed by atoms with van der Waals surface area (Å²) in [7, 11) is -1.62. The molecule has 0 saturated heterocycles. The van der Waals surface area contributed by atoms with E-state index in [9.17, 15) is 13.2 Å². The van der Waals surface area contributed by atoms with Crippen LogP contribution in [0, 0.1) is 0 Å². The highest BCUT2D eigenvalue weighted by molar-refractivity contribution is 7.92. The van der Waals surface area contributed by atoms with Gasteiger partial charge in [0.1, 0.15) is 0 Å². The van der Waals surface area contributed by atoms with Crippen LogP contribution in [0.2, 0.25) is 10.0 Å². The van der Waals surface area contributed by atoms with Crippen molar-refractivity contribution in [1.82, 2.24) is 4.90 Å². The molecule has 1 N–H and O–H groups in total. The van der Waals surface area contributed by atoms with Gasteiger partial charge in [-0.3, -0.25) is 9.52 Å². The molecular weight excluding hydrogens is 433 g/mol. The van der Waals surface area contributed by atoms with Crippen molar-refractivity contribution < 1.29 is 13.2 Å². The summed E-state index contributed by atoms with van der Waals surface area (Å²) in [5, 5.41) is 0.939. The van der Waals surface area contributed by atoms with Crippen molar-refractivity contribution in [1.29, 1.82) is 0 Å². The lowest BCUT2D eigenvalue weighted by molar-refractivity contribution is -0.129. The van der Waals surface area contributed by atoms with Gasteiger partial charge in [0.15, 0.2) is 0 Å². The second-order valence-electron chi connectivity index (χ2n) is 7.20. The highest BCUT2D eigenvalue weighted by atomic mass is 35.5. The first-order valence-electron chi connectivity index (χ1n) is 9.16. The number of carbonyl (C=O) groups is 1. The summed E-state index contributed by atoms with van der Waals surface area (Å²) in [5.74, 6) is -0.0367. The zero-order chi connectivity index (χ0) is 21.2. The van der Waals surface area contributed by atoms with Crippen molar-refractivity contribution in [3.05, 3.63) is 57.6 Å². The molecule has 1 heterocycles. The van der Waals surface area contributed by atoms with E-state index in [1.54, 1.807) is 36.2 Å². The Hall–Kier alpha value is -1.96. The van der Waals surface area contributed by atoms with E-state index in [0.717, 1.165) is 42.5 Å². The number of carbonyl (C=O) groups excluding carboxylic acids is 1.